The van der Waals surface area contributed by atoms with Crippen molar-refractivity contribution in [2.24, 2.45) is 17.3 Å². The number of rotatable bonds is 7. The Balaban J connectivity index is 2.83. The molecule has 0 unspecified atom stereocenters. The molecule has 0 aromatic heterocycles. The molecule has 1 rings (SSSR count). The number of carbonyl (C=O) groups is 1. The summed E-state index contributed by atoms with van der Waals surface area (Å²) < 4.78 is 6.20. The molecular formula is C19H36O2. The van der Waals surface area contributed by atoms with Crippen molar-refractivity contribution in [2.75, 3.05) is 0 Å². The number of esters is 1. The van der Waals surface area contributed by atoms with E-state index in [4.69, 9.17) is 4.74 Å². The smallest absolute Gasteiger partial charge is 0.312 e. The third-order valence-corrected chi connectivity index (χ3v) is 5.31. The zero-order chi connectivity index (χ0) is 16.1. The van der Waals surface area contributed by atoms with Crippen molar-refractivity contribution in [3.63, 3.8) is 0 Å². The Morgan fingerprint density at radius 1 is 1.10 bits per heavy atom. The highest BCUT2D eigenvalue weighted by molar-refractivity contribution is 5.76. The second-order valence-corrected chi connectivity index (χ2v) is 7.98. The Morgan fingerprint density at radius 2 is 1.62 bits per heavy atom. The van der Waals surface area contributed by atoms with E-state index in [1.54, 1.807) is 0 Å². The monoisotopic (exact) mass is 296 g/mol. The van der Waals surface area contributed by atoms with Crippen LogP contribution in [0.15, 0.2) is 0 Å². The zero-order valence-corrected chi connectivity index (χ0v) is 15.1. The molecule has 0 amide bonds. The van der Waals surface area contributed by atoms with Crippen molar-refractivity contribution < 1.29 is 9.53 Å². The first-order chi connectivity index (χ1) is 9.77. The van der Waals surface area contributed by atoms with Gasteiger partial charge in [0.2, 0.25) is 0 Å². The van der Waals surface area contributed by atoms with Gasteiger partial charge in [-0.05, 0) is 57.8 Å². The van der Waals surface area contributed by atoms with Crippen LogP contribution < -0.4 is 0 Å². The summed E-state index contributed by atoms with van der Waals surface area (Å²) in [5.41, 5.74) is -0.607. The number of hydrogen-bond acceptors (Lipinski definition) is 2. The lowest BCUT2D eigenvalue weighted by molar-refractivity contribution is -0.181. The molecule has 0 bridgehead atoms. The highest BCUT2D eigenvalue weighted by atomic mass is 16.6. The molecule has 0 heterocycles. The van der Waals surface area contributed by atoms with Crippen LogP contribution in [0.4, 0.5) is 0 Å². The van der Waals surface area contributed by atoms with E-state index < -0.39 is 0 Å². The van der Waals surface area contributed by atoms with Crippen molar-refractivity contribution >= 4 is 5.97 Å². The average Bonchev–Trinajstić information content (AvgIpc) is 2.44. The molecule has 1 saturated carbocycles. The van der Waals surface area contributed by atoms with Crippen LogP contribution >= 0.6 is 0 Å². The molecule has 0 aliphatic heterocycles. The summed E-state index contributed by atoms with van der Waals surface area (Å²) in [6.07, 6.45) is 9.14. The maximum absolute atomic E-state index is 12.8. The number of ether oxygens (including phenoxy) is 1. The van der Waals surface area contributed by atoms with Crippen LogP contribution in [0, 0.1) is 17.3 Å². The van der Waals surface area contributed by atoms with Gasteiger partial charge in [0.1, 0.15) is 5.60 Å². The number of carbonyl (C=O) groups excluding carboxylic acids is 1. The van der Waals surface area contributed by atoms with E-state index in [0.29, 0.717) is 11.8 Å². The van der Waals surface area contributed by atoms with E-state index in [1.807, 2.05) is 13.8 Å². The summed E-state index contributed by atoms with van der Waals surface area (Å²) in [6.45, 7) is 12.8. The van der Waals surface area contributed by atoms with Crippen molar-refractivity contribution in [3.8, 4) is 0 Å². The Hall–Kier alpha value is -0.530. The largest absolute Gasteiger partial charge is 0.458 e. The lowest BCUT2D eigenvalue weighted by Crippen LogP contribution is -2.45. The van der Waals surface area contributed by atoms with Crippen LogP contribution in [0.2, 0.25) is 0 Å². The van der Waals surface area contributed by atoms with Crippen LogP contribution in [-0.4, -0.2) is 11.6 Å². The molecule has 0 spiro atoms. The summed E-state index contributed by atoms with van der Waals surface area (Å²) >= 11 is 0. The first-order valence-corrected chi connectivity index (χ1v) is 9.01. The molecule has 0 saturated heterocycles. The SMILES string of the molecule is CCC(CC)(OC(=O)C(C)(C)CC(C)C)C1CCCCC1. The maximum atomic E-state index is 12.8. The highest BCUT2D eigenvalue weighted by Gasteiger charge is 2.43. The van der Waals surface area contributed by atoms with E-state index >= 15 is 0 Å². The minimum atomic E-state index is -0.377. The van der Waals surface area contributed by atoms with Gasteiger partial charge in [-0.25, -0.2) is 0 Å². The van der Waals surface area contributed by atoms with Crippen molar-refractivity contribution in [1.29, 1.82) is 0 Å². The first kappa shape index (κ1) is 18.5. The number of hydrogen-bond donors (Lipinski definition) is 0. The van der Waals surface area contributed by atoms with Gasteiger partial charge in [0.15, 0.2) is 0 Å². The molecule has 0 atom stereocenters. The van der Waals surface area contributed by atoms with Crippen molar-refractivity contribution in [1.82, 2.24) is 0 Å². The lowest BCUT2D eigenvalue weighted by atomic mass is 9.73. The minimum Gasteiger partial charge on any atom is -0.458 e. The van der Waals surface area contributed by atoms with Gasteiger partial charge in [-0.3, -0.25) is 4.79 Å². The van der Waals surface area contributed by atoms with Crippen molar-refractivity contribution in [3.05, 3.63) is 0 Å². The van der Waals surface area contributed by atoms with Crippen molar-refractivity contribution in [2.45, 2.75) is 98.5 Å². The summed E-state index contributed by atoms with van der Waals surface area (Å²) in [5, 5.41) is 0. The molecular weight excluding hydrogens is 260 g/mol. The zero-order valence-electron chi connectivity index (χ0n) is 15.1. The molecule has 1 fully saturated rings. The molecule has 0 aromatic carbocycles. The predicted molar refractivity (Wildman–Crippen MR) is 89.2 cm³/mol. The molecule has 2 heteroatoms. The second kappa shape index (κ2) is 7.65. The van der Waals surface area contributed by atoms with Gasteiger partial charge in [0.05, 0.1) is 5.41 Å². The summed E-state index contributed by atoms with van der Waals surface area (Å²) in [5.74, 6) is 1.07. The Morgan fingerprint density at radius 3 is 2.05 bits per heavy atom. The van der Waals surface area contributed by atoms with Gasteiger partial charge >= 0.3 is 5.97 Å². The second-order valence-electron chi connectivity index (χ2n) is 7.98. The van der Waals surface area contributed by atoms with Crippen LogP contribution in [0.1, 0.15) is 92.9 Å². The molecule has 0 N–H and O–H groups in total. The average molecular weight is 296 g/mol. The summed E-state index contributed by atoms with van der Waals surface area (Å²) in [4.78, 5) is 12.8. The standard InChI is InChI=1S/C19H36O2/c1-7-19(8-2,16-12-10-9-11-13-16)21-17(20)18(5,6)14-15(3)4/h15-16H,7-14H2,1-6H3. The molecule has 1 aliphatic rings. The van der Waals surface area contributed by atoms with Gasteiger partial charge in [0, 0.05) is 0 Å². The van der Waals surface area contributed by atoms with Gasteiger partial charge in [-0.15, -0.1) is 0 Å². The topological polar surface area (TPSA) is 26.3 Å². The molecule has 21 heavy (non-hydrogen) atoms. The molecule has 1 aliphatic carbocycles. The highest BCUT2D eigenvalue weighted by Crippen LogP contribution is 2.41. The predicted octanol–water partition coefficient (Wildman–Crippen LogP) is 5.74. The first-order valence-electron chi connectivity index (χ1n) is 9.01. The van der Waals surface area contributed by atoms with E-state index in [9.17, 15) is 4.79 Å². The molecule has 0 aromatic rings. The van der Waals surface area contributed by atoms with Crippen LogP contribution in [-0.2, 0) is 9.53 Å². The van der Waals surface area contributed by atoms with Gasteiger partial charge in [0.25, 0.3) is 0 Å². The normalized spacial score (nSPS) is 18.0. The van der Waals surface area contributed by atoms with Crippen LogP contribution in [0.5, 0.6) is 0 Å². The van der Waals surface area contributed by atoms with Crippen LogP contribution in [0.25, 0.3) is 0 Å². The Bertz CT molecular complexity index is 320. The quantitative estimate of drug-likeness (QED) is 0.560. The fourth-order valence-corrected chi connectivity index (χ4v) is 4.11. The van der Waals surface area contributed by atoms with E-state index in [2.05, 4.69) is 27.7 Å². The summed E-state index contributed by atoms with van der Waals surface area (Å²) in [6, 6.07) is 0. The molecule has 2 nitrogen and oxygen atoms in total. The fourth-order valence-electron chi connectivity index (χ4n) is 4.11. The molecule has 0 radical (unpaired) electrons. The molecule has 124 valence electrons. The maximum Gasteiger partial charge on any atom is 0.312 e. The Labute approximate surface area is 132 Å². The lowest BCUT2D eigenvalue weighted by Gasteiger charge is -2.43. The van der Waals surface area contributed by atoms with E-state index in [1.165, 1.54) is 32.1 Å². The third-order valence-electron chi connectivity index (χ3n) is 5.31. The minimum absolute atomic E-state index is 0.00507. The third kappa shape index (κ3) is 4.72. The fraction of sp³-hybridized carbons (Fsp3) is 0.947. The van der Waals surface area contributed by atoms with E-state index in [-0.39, 0.29) is 17.0 Å². The van der Waals surface area contributed by atoms with Gasteiger partial charge in [-0.2, -0.15) is 0 Å². The Kier molecular flexibility index (Phi) is 6.74. The summed E-state index contributed by atoms with van der Waals surface area (Å²) in [7, 11) is 0. The van der Waals surface area contributed by atoms with Gasteiger partial charge in [-0.1, -0.05) is 47.0 Å². The van der Waals surface area contributed by atoms with E-state index in [0.717, 1.165) is 19.3 Å². The van der Waals surface area contributed by atoms with Gasteiger partial charge < -0.3 is 4.74 Å². The van der Waals surface area contributed by atoms with Crippen LogP contribution in [0.3, 0.4) is 0 Å².